The molecule has 2 aromatic rings. The van der Waals surface area contributed by atoms with E-state index in [9.17, 15) is 13.2 Å². The number of rotatable bonds is 5. The quantitative estimate of drug-likeness (QED) is 0.778. The summed E-state index contributed by atoms with van der Waals surface area (Å²) in [4.78, 5) is 16.4. The van der Waals surface area contributed by atoms with Crippen LogP contribution in [0.1, 0.15) is 11.6 Å². The highest BCUT2D eigenvalue weighted by molar-refractivity contribution is 7.89. The third kappa shape index (κ3) is 4.30. The Morgan fingerprint density at radius 1 is 1.00 bits per heavy atom. The minimum absolute atomic E-state index is 0.150. The molecule has 0 spiro atoms. The number of nitrogens with one attached hydrogen (secondary N) is 2. The highest BCUT2D eigenvalue weighted by atomic mass is 32.2. The van der Waals surface area contributed by atoms with Crippen LogP contribution in [-0.4, -0.2) is 52.5 Å². The van der Waals surface area contributed by atoms with Crippen LogP contribution in [0.25, 0.3) is 0 Å². The summed E-state index contributed by atoms with van der Waals surface area (Å²) in [5, 5.41) is 0. The van der Waals surface area contributed by atoms with Crippen molar-refractivity contribution in [2.75, 3.05) is 33.2 Å². The van der Waals surface area contributed by atoms with E-state index in [-0.39, 0.29) is 10.8 Å². The van der Waals surface area contributed by atoms with Gasteiger partial charge in [0.25, 0.3) is 0 Å². The number of sulfonamides is 1. The Morgan fingerprint density at radius 2 is 1.54 bits per heavy atom. The molecule has 1 fully saturated rings. The van der Waals surface area contributed by atoms with Gasteiger partial charge in [-0.2, -0.15) is 4.72 Å². The van der Waals surface area contributed by atoms with Crippen molar-refractivity contribution < 1.29 is 18.1 Å². The molecule has 0 radical (unpaired) electrons. The third-order valence-corrected chi connectivity index (χ3v) is 6.07. The van der Waals surface area contributed by atoms with E-state index in [1.54, 1.807) is 47.4 Å². The van der Waals surface area contributed by atoms with Crippen LogP contribution in [-0.2, 0) is 14.8 Å². The molecule has 2 N–H and O–H groups in total. The number of benzene rings is 2. The monoisotopic (exact) mass is 374 g/mol. The van der Waals surface area contributed by atoms with Gasteiger partial charge in [-0.3, -0.25) is 4.79 Å². The van der Waals surface area contributed by atoms with Crippen molar-refractivity contribution in [3.05, 3.63) is 66.2 Å². The van der Waals surface area contributed by atoms with Gasteiger partial charge in [0.05, 0.1) is 38.1 Å². The summed E-state index contributed by atoms with van der Waals surface area (Å²) in [7, 11) is -1.71. The van der Waals surface area contributed by atoms with Crippen molar-refractivity contribution in [1.82, 2.24) is 9.62 Å². The molecule has 1 atom stereocenters. The van der Waals surface area contributed by atoms with Crippen LogP contribution in [0.15, 0.2) is 65.6 Å². The second-order valence-electron chi connectivity index (χ2n) is 6.56. The van der Waals surface area contributed by atoms with E-state index in [1.807, 2.05) is 6.07 Å². The molecule has 0 aromatic heterocycles. The van der Waals surface area contributed by atoms with Gasteiger partial charge in [0, 0.05) is 0 Å². The first-order valence-corrected chi connectivity index (χ1v) is 10.2. The lowest BCUT2D eigenvalue weighted by Crippen LogP contribution is -3.12. The summed E-state index contributed by atoms with van der Waals surface area (Å²) in [5.74, 6) is -0.205. The van der Waals surface area contributed by atoms with Gasteiger partial charge in [0.1, 0.15) is 6.04 Å². The van der Waals surface area contributed by atoms with Gasteiger partial charge in [-0.1, -0.05) is 48.5 Å². The fourth-order valence-electron chi connectivity index (χ4n) is 3.02. The molecule has 1 saturated heterocycles. The highest BCUT2D eigenvalue weighted by Crippen LogP contribution is 2.20. The first-order chi connectivity index (χ1) is 12.5. The number of piperazine rings is 1. The molecule has 1 aliphatic heterocycles. The van der Waals surface area contributed by atoms with Gasteiger partial charge in [-0.15, -0.1) is 0 Å². The molecule has 1 amide bonds. The molecule has 0 bridgehead atoms. The average molecular weight is 374 g/mol. The smallest absolute Gasteiger partial charge is 0.245 e. The number of hydrogen-bond donors (Lipinski definition) is 2. The van der Waals surface area contributed by atoms with Crippen LogP contribution in [0.5, 0.6) is 0 Å². The fraction of sp³-hybridized carbons (Fsp3) is 0.316. The minimum Gasteiger partial charge on any atom is -0.334 e. The van der Waals surface area contributed by atoms with Crippen molar-refractivity contribution in [3.63, 3.8) is 0 Å². The number of carbonyl (C=O) groups excluding carboxylic acids is 1. The molecule has 0 unspecified atom stereocenters. The average Bonchev–Trinajstić information content (AvgIpc) is 2.68. The number of nitrogens with zero attached hydrogens (tertiary/aromatic N) is 1. The normalized spacial score (nSPS) is 17.0. The van der Waals surface area contributed by atoms with E-state index < -0.39 is 16.1 Å². The topological polar surface area (TPSA) is 70.9 Å². The van der Waals surface area contributed by atoms with Gasteiger partial charge < -0.3 is 9.80 Å². The summed E-state index contributed by atoms with van der Waals surface area (Å²) in [6.07, 6.45) is 0. The van der Waals surface area contributed by atoms with Crippen molar-refractivity contribution in [2.24, 2.45) is 0 Å². The Labute approximate surface area is 154 Å². The van der Waals surface area contributed by atoms with Crippen LogP contribution >= 0.6 is 0 Å². The zero-order valence-electron chi connectivity index (χ0n) is 14.8. The van der Waals surface area contributed by atoms with Crippen molar-refractivity contribution >= 4 is 15.9 Å². The standard InChI is InChI=1S/C19H23N3O3S/c1-21-12-14-22(15-13-21)19(23)18(16-8-4-2-5-9-16)20-26(24,25)17-10-6-3-7-11-17/h2-11,18,20H,12-15H2,1H3/p+1/t18-/m0/s1. The summed E-state index contributed by atoms with van der Waals surface area (Å²) in [6.45, 7) is 2.97. The highest BCUT2D eigenvalue weighted by Gasteiger charge is 2.32. The van der Waals surface area contributed by atoms with Crippen molar-refractivity contribution in [3.8, 4) is 0 Å². The maximum Gasteiger partial charge on any atom is 0.245 e. The minimum atomic E-state index is -3.80. The fourth-order valence-corrected chi connectivity index (χ4v) is 4.22. The molecule has 6 nitrogen and oxygen atoms in total. The maximum absolute atomic E-state index is 13.1. The zero-order valence-corrected chi connectivity index (χ0v) is 15.6. The molecule has 0 aliphatic carbocycles. The lowest BCUT2D eigenvalue weighted by molar-refractivity contribution is -0.883. The molecule has 26 heavy (non-hydrogen) atoms. The zero-order chi connectivity index (χ0) is 18.6. The largest absolute Gasteiger partial charge is 0.334 e. The predicted octanol–water partition coefficient (Wildman–Crippen LogP) is 0.0631. The van der Waals surface area contributed by atoms with Crippen LogP contribution in [0, 0.1) is 0 Å². The Morgan fingerprint density at radius 3 is 2.12 bits per heavy atom. The van der Waals surface area contributed by atoms with Gasteiger partial charge in [0.15, 0.2) is 0 Å². The van der Waals surface area contributed by atoms with E-state index >= 15 is 0 Å². The molecule has 0 saturated carbocycles. The molecule has 138 valence electrons. The van der Waals surface area contributed by atoms with Gasteiger partial charge >= 0.3 is 0 Å². The summed E-state index contributed by atoms with van der Waals surface area (Å²) < 4.78 is 28.1. The molecule has 1 aliphatic rings. The van der Waals surface area contributed by atoms with Crippen LogP contribution in [0.2, 0.25) is 0 Å². The second kappa shape index (κ2) is 7.99. The first-order valence-electron chi connectivity index (χ1n) is 8.70. The van der Waals surface area contributed by atoms with Crippen LogP contribution < -0.4 is 9.62 Å². The Bertz CT molecular complexity index is 833. The summed E-state index contributed by atoms with van der Waals surface area (Å²) in [5.41, 5.74) is 0.642. The number of hydrogen-bond acceptors (Lipinski definition) is 3. The molecule has 3 rings (SSSR count). The van der Waals surface area contributed by atoms with Gasteiger partial charge in [0.2, 0.25) is 15.9 Å². The number of quaternary nitrogens is 1. The van der Waals surface area contributed by atoms with Gasteiger partial charge in [-0.05, 0) is 17.7 Å². The molecule has 1 heterocycles. The summed E-state index contributed by atoms with van der Waals surface area (Å²) in [6, 6.07) is 16.2. The Kier molecular flexibility index (Phi) is 5.70. The Balaban J connectivity index is 1.88. The molecule has 7 heteroatoms. The van der Waals surface area contributed by atoms with Crippen molar-refractivity contribution in [1.29, 1.82) is 0 Å². The third-order valence-electron chi connectivity index (χ3n) is 4.64. The Hall–Kier alpha value is -2.22. The van der Waals surface area contributed by atoms with E-state index in [0.717, 1.165) is 13.1 Å². The molecular weight excluding hydrogens is 350 g/mol. The lowest BCUT2D eigenvalue weighted by atomic mass is 10.1. The van der Waals surface area contributed by atoms with Crippen LogP contribution in [0.4, 0.5) is 0 Å². The van der Waals surface area contributed by atoms with E-state index in [1.165, 1.54) is 17.0 Å². The maximum atomic E-state index is 13.1. The second-order valence-corrected chi connectivity index (χ2v) is 8.27. The molecular formula is C19H24N3O3S+. The SMILES string of the molecule is C[NH+]1CCN(C(=O)[C@@H](NS(=O)(=O)c2ccccc2)c2ccccc2)CC1. The van der Waals surface area contributed by atoms with E-state index in [0.29, 0.717) is 18.7 Å². The predicted molar refractivity (Wildman–Crippen MR) is 99.1 cm³/mol. The summed E-state index contributed by atoms with van der Waals surface area (Å²) >= 11 is 0. The number of amides is 1. The van der Waals surface area contributed by atoms with E-state index in [4.69, 9.17) is 0 Å². The number of carbonyl (C=O) groups is 1. The van der Waals surface area contributed by atoms with Crippen molar-refractivity contribution in [2.45, 2.75) is 10.9 Å². The van der Waals surface area contributed by atoms with E-state index in [2.05, 4.69) is 11.8 Å². The molecule has 2 aromatic carbocycles. The number of likely N-dealkylation sites (N-methyl/N-ethyl adjacent to an activating group) is 1. The van der Waals surface area contributed by atoms with Gasteiger partial charge in [-0.25, -0.2) is 8.42 Å². The lowest BCUT2D eigenvalue weighted by Gasteiger charge is -2.33. The van der Waals surface area contributed by atoms with Crippen LogP contribution in [0.3, 0.4) is 0 Å². The first kappa shape index (κ1) is 18.6.